The first kappa shape index (κ1) is 16.3. The third-order valence-corrected chi connectivity index (χ3v) is 4.33. The van der Waals surface area contributed by atoms with Gasteiger partial charge < -0.3 is 10.1 Å². The van der Waals surface area contributed by atoms with E-state index in [-0.39, 0.29) is 22.7 Å². The number of halogens is 1. The normalized spacial score (nSPS) is 11.4. The average Bonchev–Trinajstić information content (AvgIpc) is 2.90. The van der Waals surface area contributed by atoms with Crippen LogP contribution < -0.4 is 5.56 Å². The van der Waals surface area contributed by atoms with E-state index < -0.39 is 5.97 Å². The Labute approximate surface area is 142 Å². The molecule has 0 saturated carbocycles. The predicted octanol–water partition coefficient (Wildman–Crippen LogP) is 3.47. The fraction of sp³-hybridized carbons (Fsp3) is 0.235. The summed E-state index contributed by atoms with van der Waals surface area (Å²) in [6.07, 6.45) is 1.62. The average molecular weight is 346 g/mol. The van der Waals surface area contributed by atoms with Crippen LogP contribution in [0.3, 0.4) is 0 Å². The summed E-state index contributed by atoms with van der Waals surface area (Å²) >= 11 is 6.03. The lowest BCUT2D eigenvalue weighted by Gasteiger charge is -2.06. The maximum Gasteiger partial charge on any atom is 0.356 e. The molecule has 6 nitrogen and oxygen atoms in total. The molecule has 0 saturated heterocycles. The second kappa shape index (κ2) is 5.79. The number of carbonyl (C=O) groups is 1. The summed E-state index contributed by atoms with van der Waals surface area (Å²) in [4.78, 5) is 26.8. The van der Waals surface area contributed by atoms with Crippen molar-refractivity contribution in [2.24, 2.45) is 0 Å². The first-order valence-electron chi connectivity index (χ1n) is 7.45. The Morgan fingerprint density at radius 3 is 2.67 bits per heavy atom. The van der Waals surface area contributed by atoms with E-state index in [1.165, 1.54) is 4.52 Å². The van der Waals surface area contributed by atoms with Crippen molar-refractivity contribution in [3.05, 3.63) is 56.6 Å². The molecule has 3 aromatic rings. The standard InChI is InChI=1S/C17H16ClN3O3/c1-8(2)13-14(17(23)24)20-21-7-12(19-16(22)15(13)21)10-4-5-11(18)9(3)6-10/h4-8H,1-3H3,(H,19,22)(H,23,24). The fourth-order valence-electron chi connectivity index (χ4n) is 2.77. The van der Waals surface area contributed by atoms with Gasteiger partial charge >= 0.3 is 5.97 Å². The minimum absolute atomic E-state index is 0.0973. The molecule has 7 heteroatoms. The first-order valence-corrected chi connectivity index (χ1v) is 7.82. The van der Waals surface area contributed by atoms with Crippen molar-refractivity contribution >= 4 is 23.1 Å². The predicted molar refractivity (Wildman–Crippen MR) is 92.0 cm³/mol. The number of aromatic nitrogens is 3. The van der Waals surface area contributed by atoms with E-state index in [0.29, 0.717) is 16.3 Å². The Kier molecular flexibility index (Phi) is 3.93. The largest absolute Gasteiger partial charge is 0.476 e. The third-order valence-electron chi connectivity index (χ3n) is 3.91. The zero-order chi connectivity index (χ0) is 17.6. The molecule has 0 aliphatic carbocycles. The maximum absolute atomic E-state index is 12.6. The van der Waals surface area contributed by atoms with Gasteiger partial charge in [0.15, 0.2) is 5.69 Å². The van der Waals surface area contributed by atoms with Gasteiger partial charge in [-0.15, -0.1) is 0 Å². The van der Waals surface area contributed by atoms with Gasteiger partial charge in [-0.1, -0.05) is 31.5 Å². The van der Waals surface area contributed by atoms with Gasteiger partial charge in [-0.25, -0.2) is 9.31 Å². The molecule has 0 radical (unpaired) electrons. The number of H-pyrrole nitrogens is 1. The van der Waals surface area contributed by atoms with Crippen molar-refractivity contribution < 1.29 is 9.90 Å². The van der Waals surface area contributed by atoms with Crippen molar-refractivity contribution in [3.8, 4) is 11.3 Å². The molecule has 0 fully saturated rings. The highest BCUT2D eigenvalue weighted by molar-refractivity contribution is 6.31. The lowest BCUT2D eigenvalue weighted by Crippen LogP contribution is -2.13. The van der Waals surface area contributed by atoms with Crippen LogP contribution in [0.1, 0.15) is 41.4 Å². The quantitative estimate of drug-likeness (QED) is 0.760. The maximum atomic E-state index is 12.6. The number of carboxylic acid groups (broad SMARTS) is 1. The minimum Gasteiger partial charge on any atom is -0.476 e. The summed E-state index contributed by atoms with van der Waals surface area (Å²) in [6.45, 7) is 5.54. The van der Waals surface area contributed by atoms with Crippen molar-refractivity contribution in [2.75, 3.05) is 0 Å². The zero-order valence-corrected chi connectivity index (χ0v) is 14.2. The number of rotatable bonds is 3. The molecule has 24 heavy (non-hydrogen) atoms. The Morgan fingerprint density at radius 1 is 1.38 bits per heavy atom. The summed E-state index contributed by atoms with van der Waals surface area (Å²) in [6, 6.07) is 5.39. The molecular weight excluding hydrogens is 330 g/mol. The fourth-order valence-corrected chi connectivity index (χ4v) is 2.88. The molecule has 3 rings (SSSR count). The molecule has 0 aliphatic heterocycles. The number of fused-ring (bicyclic) bond motifs is 1. The second-order valence-corrected chi connectivity index (χ2v) is 6.38. The van der Waals surface area contributed by atoms with Crippen LogP contribution in [0, 0.1) is 6.92 Å². The Hall–Kier alpha value is -2.60. The number of nitrogens with one attached hydrogen (secondary N) is 1. The third kappa shape index (κ3) is 2.59. The smallest absolute Gasteiger partial charge is 0.356 e. The summed E-state index contributed by atoms with van der Waals surface area (Å²) in [7, 11) is 0. The van der Waals surface area contributed by atoms with Gasteiger partial charge in [-0.3, -0.25) is 4.79 Å². The summed E-state index contributed by atoms with van der Waals surface area (Å²) in [5.74, 6) is -1.29. The molecule has 0 unspecified atom stereocenters. The van der Waals surface area contributed by atoms with Crippen molar-refractivity contribution in [3.63, 3.8) is 0 Å². The van der Waals surface area contributed by atoms with Crippen molar-refractivity contribution in [1.29, 1.82) is 0 Å². The van der Waals surface area contributed by atoms with Gasteiger partial charge in [-0.05, 0) is 36.1 Å². The Balaban J connectivity index is 2.30. The first-order chi connectivity index (χ1) is 11.3. The lowest BCUT2D eigenvalue weighted by molar-refractivity contribution is 0.0688. The highest BCUT2D eigenvalue weighted by atomic mass is 35.5. The van der Waals surface area contributed by atoms with E-state index in [1.54, 1.807) is 18.3 Å². The van der Waals surface area contributed by atoms with Crippen LogP contribution >= 0.6 is 11.6 Å². The molecule has 124 valence electrons. The second-order valence-electron chi connectivity index (χ2n) is 5.98. The number of benzene rings is 1. The minimum atomic E-state index is -1.15. The van der Waals surface area contributed by atoms with Crippen LogP contribution in [0.15, 0.2) is 29.2 Å². The molecule has 2 N–H and O–H groups in total. The van der Waals surface area contributed by atoms with Crippen molar-refractivity contribution in [1.82, 2.24) is 14.6 Å². The van der Waals surface area contributed by atoms with E-state index >= 15 is 0 Å². The molecule has 0 spiro atoms. The SMILES string of the molecule is Cc1cc(-c2cn3nc(C(=O)O)c(C(C)C)c3c(=O)[nH]2)ccc1Cl. The number of hydrogen-bond acceptors (Lipinski definition) is 3. The lowest BCUT2D eigenvalue weighted by atomic mass is 10.0. The van der Waals surface area contributed by atoms with Crippen LogP contribution in [0.25, 0.3) is 16.8 Å². The van der Waals surface area contributed by atoms with Crippen LogP contribution in [0.2, 0.25) is 5.02 Å². The summed E-state index contributed by atoms with van der Waals surface area (Å²) in [5, 5.41) is 14.1. The number of aromatic amines is 1. The van der Waals surface area contributed by atoms with Crippen LogP contribution in [0.4, 0.5) is 0 Å². The molecule has 0 amide bonds. The van der Waals surface area contributed by atoms with E-state index in [4.69, 9.17) is 11.6 Å². The number of hydrogen-bond donors (Lipinski definition) is 2. The monoisotopic (exact) mass is 345 g/mol. The van der Waals surface area contributed by atoms with Gasteiger partial charge in [0.05, 0.1) is 11.9 Å². The Morgan fingerprint density at radius 2 is 2.08 bits per heavy atom. The van der Waals surface area contributed by atoms with Gasteiger partial charge in [0, 0.05) is 10.6 Å². The molecule has 2 heterocycles. The molecule has 1 aromatic carbocycles. The van der Waals surface area contributed by atoms with Gasteiger partial charge in [0.25, 0.3) is 5.56 Å². The molecule has 0 aliphatic rings. The Bertz CT molecular complexity index is 1020. The van der Waals surface area contributed by atoms with Crippen LogP contribution in [-0.2, 0) is 0 Å². The van der Waals surface area contributed by atoms with E-state index in [9.17, 15) is 14.7 Å². The van der Waals surface area contributed by atoms with Gasteiger partial charge in [0.2, 0.25) is 0 Å². The van der Waals surface area contributed by atoms with E-state index in [2.05, 4.69) is 10.1 Å². The van der Waals surface area contributed by atoms with Gasteiger partial charge in [0.1, 0.15) is 5.52 Å². The topological polar surface area (TPSA) is 87.5 Å². The highest BCUT2D eigenvalue weighted by Crippen LogP contribution is 2.26. The van der Waals surface area contributed by atoms with E-state index in [0.717, 1.165) is 11.1 Å². The van der Waals surface area contributed by atoms with Crippen LogP contribution in [0.5, 0.6) is 0 Å². The zero-order valence-electron chi connectivity index (χ0n) is 13.4. The molecular formula is C17H16ClN3O3. The number of aryl methyl sites for hydroxylation is 1. The van der Waals surface area contributed by atoms with Crippen LogP contribution in [-0.4, -0.2) is 25.7 Å². The highest BCUT2D eigenvalue weighted by Gasteiger charge is 2.23. The summed E-state index contributed by atoms with van der Waals surface area (Å²) < 4.78 is 1.34. The molecule has 2 aromatic heterocycles. The van der Waals surface area contributed by atoms with Crippen molar-refractivity contribution in [2.45, 2.75) is 26.7 Å². The van der Waals surface area contributed by atoms with Gasteiger partial charge in [-0.2, -0.15) is 5.10 Å². The summed E-state index contributed by atoms with van der Waals surface area (Å²) in [5.41, 5.74) is 2.42. The number of carboxylic acids is 1. The molecule has 0 bridgehead atoms. The number of nitrogens with zero attached hydrogens (tertiary/aromatic N) is 2. The number of aromatic carboxylic acids is 1. The molecule has 0 atom stereocenters. The van der Waals surface area contributed by atoms with E-state index in [1.807, 2.05) is 26.8 Å².